The Morgan fingerprint density at radius 1 is 0.675 bits per heavy atom. The molecular formula is C28H25Cl2N3O5S2. The van der Waals surface area contributed by atoms with Crippen LogP contribution in [-0.4, -0.2) is 22.7 Å². The fourth-order valence-electron chi connectivity index (χ4n) is 3.75. The number of hydrogen-bond donors (Lipinski definition) is 3. The van der Waals surface area contributed by atoms with Crippen molar-refractivity contribution in [1.29, 1.82) is 0 Å². The number of amides is 1. The molecule has 4 aromatic rings. The molecule has 0 aliphatic heterocycles. The molecule has 208 valence electrons. The third-order valence-electron chi connectivity index (χ3n) is 6.12. The van der Waals surface area contributed by atoms with E-state index in [1.54, 1.807) is 31.2 Å². The third-order valence-corrected chi connectivity index (χ3v) is 9.84. The van der Waals surface area contributed by atoms with E-state index in [1.807, 2.05) is 19.9 Å². The molecule has 0 spiro atoms. The molecule has 40 heavy (non-hydrogen) atoms. The van der Waals surface area contributed by atoms with Gasteiger partial charge in [0.05, 0.1) is 25.5 Å². The molecule has 0 saturated heterocycles. The summed E-state index contributed by atoms with van der Waals surface area (Å²) in [5.41, 5.74) is 3.40. The zero-order chi connectivity index (χ0) is 29.2. The molecule has 3 N–H and O–H groups in total. The number of carbonyl (C=O) groups excluding carboxylic acids is 1. The van der Waals surface area contributed by atoms with Crippen LogP contribution in [0.1, 0.15) is 27.0 Å². The Labute approximate surface area is 243 Å². The average Bonchev–Trinajstić information content (AvgIpc) is 2.89. The molecule has 0 radical (unpaired) electrons. The number of aryl methyl sites for hydroxylation is 3. The molecule has 4 aromatic carbocycles. The van der Waals surface area contributed by atoms with Crippen LogP contribution in [0, 0.1) is 20.8 Å². The van der Waals surface area contributed by atoms with E-state index in [0.29, 0.717) is 16.9 Å². The number of anilines is 3. The highest BCUT2D eigenvalue weighted by Crippen LogP contribution is 2.31. The molecule has 0 aliphatic rings. The highest BCUT2D eigenvalue weighted by atomic mass is 35.5. The zero-order valence-corrected chi connectivity index (χ0v) is 24.8. The van der Waals surface area contributed by atoms with Crippen molar-refractivity contribution in [3.05, 3.63) is 111 Å². The molecule has 0 aliphatic carbocycles. The smallest absolute Gasteiger partial charge is 0.262 e. The summed E-state index contributed by atoms with van der Waals surface area (Å²) in [6, 6.07) is 19.6. The first-order valence-electron chi connectivity index (χ1n) is 11.9. The van der Waals surface area contributed by atoms with Crippen molar-refractivity contribution >= 4 is 66.2 Å². The van der Waals surface area contributed by atoms with Crippen LogP contribution in [0.2, 0.25) is 10.0 Å². The normalized spacial score (nSPS) is 11.6. The lowest BCUT2D eigenvalue weighted by atomic mass is 10.1. The van der Waals surface area contributed by atoms with Gasteiger partial charge in [0.2, 0.25) is 0 Å². The molecule has 0 heterocycles. The highest BCUT2D eigenvalue weighted by Gasteiger charge is 2.21. The number of benzene rings is 4. The van der Waals surface area contributed by atoms with E-state index in [0.717, 1.165) is 11.1 Å². The van der Waals surface area contributed by atoms with Crippen LogP contribution >= 0.6 is 23.2 Å². The summed E-state index contributed by atoms with van der Waals surface area (Å²) in [5, 5.41) is 2.93. The van der Waals surface area contributed by atoms with Gasteiger partial charge in [0.1, 0.15) is 0 Å². The number of carbonyl (C=O) groups is 1. The van der Waals surface area contributed by atoms with Gasteiger partial charge in [-0.1, -0.05) is 41.4 Å². The van der Waals surface area contributed by atoms with Gasteiger partial charge in [0, 0.05) is 16.9 Å². The molecule has 0 aromatic heterocycles. The summed E-state index contributed by atoms with van der Waals surface area (Å²) in [5.74, 6) is -0.568. The van der Waals surface area contributed by atoms with Gasteiger partial charge in [-0.3, -0.25) is 14.2 Å². The maximum Gasteiger partial charge on any atom is 0.262 e. The number of sulfonamides is 2. The summed E-state index contributed by atoms with van der Waals surface area (Å²) < 4.78 is 56.8. The second-order valence-electron chi connectivity index (χ2n) is 9.07. The van der Waals surface area contributed by atoms with Crippen LogP contribution in [0.15, 0.2) is 88.7 Å². The molecule has 8 nitrogen and oxygen atoms in total. The van der Waals surface area contributed by atoms with Crippen molar-refractivity contribution in [2.75, 3.05) is 14.8 Å². The first-order chi connectivity index (χ1) is 18.8. The van der Waals surface area contributed by atoms with Crippen LogP contribution < -0.4 is 14.8 Å². The quantitative estimate of drug-likeness (QED) is 0.201. The predicted octanol–water partition coefficient (Wildman–Crippen LogP) is 6.77. The van der Waals surface area contributed by atoms with E-state index in [-0.39, 0.29) is 31.1 Å². The van der Waals surface area contributed by atoms with Gasteiger partial charge in [0.15, 0.2) is 0 Å². The van der Waals surface area contributed by atoms with Crippen LogP contribution in [0.5, 0.6) is 0 Å². The zero-order valence-electron chi connectivity index (χ0n) is 21.6. The maximum absolute atomic E-state index is 13.1. The van der Waals surface area contributed by atoms with Crippen molar-refractivity contribution in [1.82, 2.24) is 0 Å². The lowest BCUT2D eigenvalue weighted by Crippen LogP contribution is -2.17. The van der Waals surface area contributed by atoms with E-state index in [4.69, 9.17) is 23.2 Å². The van der Waals surface area contributed by atoms with E-state index in [1.165, 1.54) is 48.5 Å². The first kappa shape index (κ1) is 29.4. The van der Waals surface area contributed by atoms with Gasteiger partial charge in [-0.25, -0.2) is 16.8 Å². The Hall–Kier alpha value is -3.57. The average molecular weight is 619 g/mol. The van der Waals surface area contributed by atoms with Crippen molar-refractivity contribution in [2.45, 2.75) is 30.6 Å². The lowest BCUT2D eigenvalue weighted by Gasteiger charge is -2.13. The van der Waals surface area contributed by atoms with Gasteiger partial charge in [-0.2, -0.15) is 0 Å². The molecular weight excluding hydrogens is 593 g/mol. The van der Waals surface area contributed by atoms with Crippen LogP contribution in [0.3, 0.4) is 0 Å². The van der Waals surface area contributed by atoms with Crippen molar-refractivity contribution < 1.29 is 21.6 Å². The maximum atomic E-state index is 13.1. The molecule has 0 saturated carbocycles. The number of nitrogens with one attached hydrogen (secondary N) is 3. The van der Waals surface area contributed by atoms with Crippen molar-refractivity contribution in [3.63, 3.8) is 0 Å². The SMILES string of the molecule is Cc1ccc(NS(=O)(=O)c2cc(C(=O)Nc3ccc(S(=O)(=O)Nc4cccc(Cl)c4Cl)cc3)ccc2C)cc1C. The van der Waals surface area contributed by atoms with Gasteiger partial charge >= 0.3 is 0 Å². The monoisotopic (exact) mass is 617 g/mol. The lowest BCUT2D eigenvalue weighted by molar-refractivity contribution is 0.102. The second-order valence-corrected chi connectivity index (χ2v) is 13.2. The Morgan fingerprint density at radius 3 is 2.00 bits per heavy atom. The Balaban J connectivity index is 1.51. The molecule has 0 atom stereocenters. The minimum atomic E-state index is -3.99. The van der Waals surface area contributed by atoms with E-state index < -0.39 is 26.0 Å². The summed E-state index contributed by atoms with van der Waals surface area (Å²) >= 11 is 12.0. The van der Waals surface area contributed by atoms with Gasteiger partial charge in [0.25, 0.3) is 26.0 Å². The molecule has 0 unspecified atom stereocenters. The van der Waals surface area contributed by atoms with Gasteiger partial charge in [-0.05, 0) is 98.1 Å². The minimum Gasteiger partial charge on any atom is -0.322 e. The Kier molecular flexibility index (Phi) is 8.46. The molecule has 1 amide bonds. The summed E-state index contributed by atoms with van der Waals surface area (Å²) in [6.45, 7) is 5.46. The van der Waals surface area contributed by atoms with E-state index in [9.17, 15) is 21.6 Å². The fourth-order valence-corrected chi connectivity index (χ4v) is 6.55. The number of rotatable bonds is 8. The molecule has 0 bridgehead atoms. The van der Waals surface area contributed by atoms with E-state index in [2.05, 4.69) is 14.8 Å². The number of hydrogen-bond acceptors (Lipinski definition) is 5. The van der Waals surface area contributed by atoms with Gasteiger partial charge < -0.3 is 5.32 Å². The Bertz CT molecular complexity index is 1830. The van der Waals surface area contributed by atoms with Crippen LogP contribution in [0.4, 0.5) is 17.1 Å². The van der Waals surface area contributed by atoms with Crippen molar-refractivity contribution in [2.24, 2.45) is 0 Å². The summed E-state index contributed by atoms with van der Waals surface area (Å²) in [4.78, 5) is 12.8. The topological polar surface area (TPSA) is 121 Å². The summed E-state index contributed by atoms with van der Waals surface area (Å²) in [7, 11) is -7.96. The third kappa shape index (κ3) is 6.59. The molecule has 12 heteroatoms. The molecule has 4 rings (SSSR count). The van der Waals surface area contributed by atoms with Gasteiger partial charge in [-0.15, -0.1) is 0 Å². The minimum absolute atomic E-state index is 0.0365. The number of halogens is 2. The predicted molar refractivity (Wildman–Crippen MR) is 160 cm³/mol. The largest absolute Gasteiger partial charge is 0.322 e. The standard InChI is InChI=1S/C28H25Cl2N3O5S2/c1-17-8-10-22(15-19(17)3)32-40(37,38)26-16-20(9-7-18(26)2)28(34)31-21-11-13-23(14-12-21)39(35,36)33-25-6-4-5-24(29)27(25)30/h4-16,32-33H,1-3H3,(H,31,34). The second kappa shape index (κ2) is 11.5. The molecule has 0 fully saturated rings. The van der Waals surface area contributed by atoms with Crippen molar-refractivity contribution in [3.8, 4) is 0 Å². The van der Waals surface area contributed by atoms with Crippen LogP contribution in [0.25, 0.3) is 0 Å². The summed E-state index contributed by atoms with van der Waals surface area (Å²) in [6.07, 6.45) is 0. The Morgan fingerprint density at radius 2 is 1.32 bits per heavy atom. The fraction of sp³-hybridized carbons (Fsp3) is 0.107. The van der Waals surface area contributed by atoms with E-state index >= 15 is 0 Å². The highest BCUT2D eigenvalue weighted by molar-refractivity contribution is 7.93. The first-order valence-corrected chi connectivity index (χ1v) is 15.6. The van der Waals surface area contributed by atoms with Crippen LogP contribution in [-0.2, 0) is 20.0 Å².